The molecule has 0 saturated carbocycles. The van der Waals surface area contributed by atoms with Gasteiger partial charge in [-0.05, 0) is 36.8 Å². The molecule has 7 nitrogen and oxygen atoms in total. The number of nitrogens with zero attached hydrogens (tertiary/aromatic N) is 2. The topological polar surface area (TPSA) is 107 Å². The Balaban J connectivity index is 1.58. The molecular weight excluding hydrogens is 468 g/mol. The van der Waals surface area contributed by atoms with Gasteiger partial charge in [0.05, 0.1) is 11.1 Å². The fourth-order valence-electron chi connectivity index (χ4n) is 3.40. The number of carbonyl (C=O) groups excluding carboxylic acids is 2. The third-order valence-corrected chi connectivity index (χ3v) is 6.97. The lowest BCUT2D eigenvalue weighted by Gasteiger charge is -2.11. The number of hydrogen-bond acceptors (Lipinski definition) is 6. The van der Waals surface area contributed by atoms with Crippen molar-refractivity contribution in [1.82, 2.24) is 9.55 Å². The van der Waals surface area contributed by atoms with Crippen LogP contribution < -0.4 is 16.6 Å². The van der Waals surface area contributed by atoms with Crippen molar-refractivity contribution in [1.29, 1.82) is 0 Å². The van der Waals surface area contributed by atoms with E-state index in [9.17, 15) is 14.4 Å². The zero-order valence-electron chi connectivity index (χ0n) is 18.4. The summed E-state index contributed by atoms with van der Waals surface area (Å²) in [6, 6.07) is 14.3. The smallest absolute Gasteiger partial charge is 0.263 e. The molecule has 2 aromatic heterocycles. The standard InChI is InChI=1S/C25H22N4O3S2/c1-3-12-29-24(32)21-19(16-6-4-15(2)5-7-16)13-33-23(21)28-25(29)34-14-20(30)27-18-10-8-17(9-11-18)22(26)31/h3-11,13H,1,12,14H2,2H3,(H2,26,31)(H,27,30). The lowest BCUT2D eigenvalue weighted by Crippen LogP contribution is -2.23. The molecule has 4 aromatic rings. The SMILES string of the molecule is C=CCn1c(SCC(=O)Nc2ccc(C(N)=O)cc2)nc2scc(-c3ccc(C)cc3)c2c1=O. The number of anilines is 1. The second-order valence-corrected chi connectivity index (χ2v) is 9.37. The summed E-state index contributed by atoms with van der Waals surface area (Å²) in [5.41, 5.74) is 8.94. The number of primary amides is 1. The molecule has 0 unspecified atom stereocenters. The van der Waals surface area contributed by atoms with E-state index in [0.717, 1.165) is 16.7 Å². The summed E-state index contributed by atoms with van der Waals surface area (Å²) in [5, 5.41) is 5.73. The molecule has 2 amide bonds. The van der Waals surface area contributed by atoms with Gasteiger partial charge in [0.2, 0.25) is 11.8 Å². The van der Waals surface area contributed by atoms with E-state index in [2.05, 4.69) is 11.9 Å². The highest BCUT2D eigenvalue weighted by Crippen LogP contribution is 2.32. The van der Waals surface area contributed by atoms with E-state index in [1.807, 2.05) is 36.6 Å². The molecule has 0 fully saturated rings. The number of amides is 2. The van der Waals surface area contributed by atoms with E-state index < -0.39 is 5.91 Å². The molecule has 3 N–H and O–H groups in total. The van der Waals surface area contributed by atoms with Crippen LogP contribution in [-0.4, -0.2) is 27.1 Å². The van der Waals surface area contributed by atoms with Crippen LogP contribution in [0, 0.1) is 6.92 Å². The predicted octanol–water partition coefficient (Wildman–Crippen LogP) is 4.45. The van der Waals surface area contributed by atoms with Gasteiger partial charge >= 0.3 is 0 Å². The van der Waals surface area contributed by atoms with Crippen molar-refractivity contribution >= 4 is 50.8 Å². The number of nitrogens with one attached hydrogen (secondary N) is 1. The fraction of sp³-hybridized carbons (Fsp3) is 0.120. The minimum Gasteiger partial charge on any atom is -0.366 e. The number of benzene rings is 2. The molecule has 0 aliphatic rings. The van der Waals surface area contributed by atoms with Gasteiger partial charge in [0.15, 0.2) is 5.16 Å². The first-order valence-corrected chi connectivity index (χ1v) is 12.3. The maximum absolute atomic E-state index is 13.4. The summed E-state index contributed by atoms with van der Waals surface area (Å²) < 4.78 is 1.54. The number of fused-ring (bicyclic) bond motifs is 1. The summed E-state index contributed by atoms with van der Waals surface area (Å²) >= 11 is 2.59. The van der Waals surface area contributed by atoms with Crippen LogP contribution in [-0.2, 0) is 11.3 Å². The summed E-state index contributed by atoms with van der Waals surface area (Å²) in [5.74, 6) is -0.736. The van der Waals surface area contributed by atoms with E-state index >= 15 is 0 Å². The Morgan fingerprint density at radius 3 is 2.53 bits per heavy atom. The van der Waals surface area contributed by atoms with E-state index in [1.54, 1.807) is 34.9 Å². The summed E-state index contributed by atoms with van der Waals surface area (Å²) in [4.78, 5) is 42.4. The van der Waals surface area contributed by atoms with E-state index in [4.69, 9.17) is 10.7 Å². The number of carbonyl (C=O) groups is 2. The number of rotatable bonds is 8. The van der Waals surface area contributed by atoms with Gasteiger partial charge in [-0.25, -0.2) is 4.98 Å². The van der Waals surface area contributed by atoms with Crippen molar-refractivity contribution in [2.24, 2.45) is 5.73 Å². The van der Waals surface area contributed by atoms with Gasteiger partial charge in [-0.1, -0.05) is 47.7 Å². The highest BCUT2D eigenvalue weighted by Gasteiger charge is 2.18. The van der Waals surface area contributed by atoms with Crippen LogP contribution in [0.15, 0.2) is 76.5 Å². The number of nitrogens with two attached hydrogens (primary N) is 1. The molecule has 0 radical (unpaired) electrons. The third kappa shape index (κ3) is 4.95. The number of aromatic nitrogens is 2. The highest BCUT2D eigenvalue weighted by molar-refractivity contribution is 7.99. The molecule has 0 aliphatic carbocycles. The molecule has 4 rings (SSSR count). The van der Waals surface area contributed by atoms with Gasteiger partial charge in [0.25, 0.3) is 5.56 Å². The molecular formula is C25H22N4O3S2. The van der Waals surface area contributed by atoms with Crippen molar-refractivity contribution in [3.8, 4) is 11.1 Å². The molecule has 0 spiro atoms. The van der Waals surface area contributed by atoms with Gasteiger partial charge < -0.3 is 11.1 Å². The normalized spacial score (nSPS) is 10.9. The summed E-state index contributed by atoms with van der Waals surface area (Å²) in [6.45, 7) is 6.06. The highest BCUT2D eigenvalue weighted by atomic mass is 32.2. The Kier molecular flexibility index (Phi) is 6.95. The van der Waals surface area contributed by atoms with E-state index in [1.165, 1.54) is 23.1 Å². The molecule has 0 bridgehead atoms. The zero-order valence-corrected chi connectivity index (χ0v) is 20.0. The summed E-state index contributed by atoms with van der Waals surface area (Å²) in [6.07, 6.45) is 1.64. The van der Waals surface area contributed by atoms with Crippen LogP contribution >= 0.6 is 23.1 Å². The number of hydrogen-bond donors (Lipinski definition) is 2. The Morgan fingerprint density at radius 1 is 1.18 bits per heavy atom. The fourth-order valence-corrected chi connectivity index (χ4v) is 5.19. The molecule has 9 heteroatoms. The molecule has 2 aromatic carbocycles. The van der Waals surface area contributed by atoms with Gasteiger partial charge in [-0.15, -0.1) is 17.9 Å². The quantitative estimate of drug-likeness (QED) is 0.216. The lowest BCUT2D eigenvalue weighted by atomic mass is 10.1. The Bertz CT molecular complexity index is 1440. The minimum atomic E-state index is -0.533. The Morgan fingerprint density at radius 2 is 1.88 bits per heavy atom. The first-order valence-electron chi connectivity index (χ1n) is 10.4. The molecule has 0 atom stereocenters. The predicted molar refractivity (Wildman–Crippen MR) is 139 cm³/mol. The maximum Gasteiger partial charge on any atom is 0.263 e. The van der Waals surface area contributed by atoms with Crippen LogP contribution in [0.2, 0.25) is 0 Å². The van der Waals surface area contributed by atoms with Crippen LogP contribution in [0.1, 0.15) is 15.9 Å². The lowest BCUT2D eigenvalue weighted by molar-refractivity contribution is -0.113. The number of aryl methyl sites for hydroxylation is 1. The average molecular weight is 491 g/mol. The van der Waals surface area contributed by atoms with Crippen molar-refractivity contribution in [3.05, 3.63) is 88.0 Å². The Labute approximate surface area is 204 Å². The van der Waals surface area contributed by atoms with E-state index in [-0.39, 0.29) is 23.8 Å². The largest absolute Gasteiger partial charge is 0.366 e. The third-order valence-electron chi connectivity index (χ3n) is 5.12. The van der Waals surface area contributed by atoms with Gasteiger partial charge in [0, 0.05) is 28.7 Å². The van der Waals surface area contributed by atoms with Crippen LogP contribution in [0.5, 0.6) is 0 Å². The van der Waals surface area contributed by atoms with Crippen LogP contribution in [0.3, 0.4) is 0 Å². The molecule has 172 valence electrons. The van der Waals surface area contributed by atoms with Crippen molar-refractivity contribution in [2.75, 3.05) is 11.1 Å². The van der Waals surface area contributed by atoms with Gasteiger partial charge in [-0.2, -0.15) is 0 Å². The van der Waals surface area contributed by atoms with Gasteiger partial charge in [-0.3, -0.25) is 19.0 Å². The number of allylic oxidation sites excluding steroid dienone is 1. The number of thiophene rings is 1. The van der Waals surface area contributed by atoms with Crippen molar-refractivity contribution in [3.63, 3.8) is 0 Å². The second-order valence-electron chi connectivity index (χ2n) is 7.57. The van der Waals surface area contributed by atoms with Crippen LogP contribution in [0.4, 0.5) is 5.69 Å². The second kappa shape index (κ2) is 10.1. The summed E-state index contributed by atoms with van der Waals surface area (Å²) in [7, 11) is 0. The monoisotopic (exact) mass is 490 g/mol. The first kappa shape index (κ1) is 23.5. The average Bonchev–Trinajstić information content (AvgIpc) is 3.25. The minimum absolute atomic E-state index is 0.0584. The molecule has 2 heterocycles. The van der Waals surface area contributed by atoms with Crippen molar-refractivity contribution < 1.29 is 9.59 Å². The molecule has 34 heavy (non-hydrogen) atoms. The zero-order chi connectivity index (χ0) is 24.2. The van der Waals surface area contributed by atoms with Crippen molar-refractivity contribution in [2.45, 2.75) is 18.6 Å². The van der Waals surface area contributed by atoms with Crippen LogP contribution in [0.25, 0.3) is 21.3 Å². The van der Waals surface area contributed by atoms with E-state index in [0.29, 0.717) is 26.6 Å². The molecule has 0 saturated heterocycles. The van der Waals surface area contributed by atoms with Gasteiger partial charge in [0.1, 0.15) is 4.83 Å². The first-order chi connectivity index (χ1) is 16.4. The number of thioether (sulfide) groups is 1. The molecule has 0 aliphatic heterocycles. The Hall–Kier alpha value is -3.69. The maximum atomic E-state index is 13.4.